The minimum absolute atomic E-state index is 0.277. The van der Waals surface area contributed by atoms with E-state index < -0.39 is 5.63 Å². The van der Waals surface area contributed by atoms with E-state index in [1.54, 1.807) is 25.2 Å². The molecule has 86 valence electrons. The number of hydrogen-bond donors (Lipinski definition) is 0. The van der Waals surface area contributed by atoms with Crippen LogP contribution in [0.25, 0.3) is 11.0 Å². The van der Waals surface area contributed by atoms with E-state index in [-0.39, 0.29) is 5.91 Å². The number of carbonyl (C=O) groups is 1. The molecule has 1 aromatic heterocycles. The Morgan fingerprint density at radius 3 is 2.82 bits per heavy atom. The molecule has 2 aromatic rings. The van der Waals surface area contributed by atoms with Crippen LogP contribution in [0.4, 0.5) is 5.69 Å². The normalized spacial score (nSPS) is 10.2. The highest BCUT2D eigenvalue weighted by molar-refractivity contribution is 6.06. The van der Waals surface area contributed by atoms with Crippen LogP contribution in [0.3, 0.4) is 0 Å². The molecule has 0 saturated heterocycles. The minimum atomic E-state index is -0.484. The van der Waals surface area contributed by atoms with Gasteiger partial charge in [0.15, 0.2) is 0 Å². The summed E-state index contributed by atoms with van der Waals surface area (Å²) in [5.41, 5.74) is 0.489. The lowest BCUT2D eigenvalue weighted by molar-refractivity contribution is -0.113. The molecule has 0 fully saturated rings. The average Bonchev–Trinajstić information content (AvgIpc) is 2.35. The van der Waals surface area contributed by atoms with E-state index >= 15 is 0 Å². The quantitative estimate of drug-likeness (QED) is 0.584. The second kappa shape index (κ2) is 4.25. The van der Waals surface area contributed by atoms with Gasteiger partial charge in [-0.1, -0.05) is 18.7 Å². The molecule has 0 aliphatic rings. The number of fused-ring (bicyclic) bond motifs is 1. The van der Waals surface area contributed by atoms with E-state index in [1.807, 2.05) is 6.07 Å². The van der Waals surface area contributed by atoms with Gasteiger partial charge in [-0.3, -0.25) is 4.79 Å². The number of anilines is 1. The third-order valence-corrected chi connectivity index (χ3v) is 2.49. The van der Waals surface area contributed by atoms with Crippen molar-refractivity contribution in [1.82, 2.24) is 0 Å². The smallest absolute Gasteiger partial charge is 0.338 e. The van der Waals surface area contributed by atoms with E-state index in [0.717, 1.165) is 0 Å². The van der Waals surface area contributed by atoms with Gasteiger partial charge in [-0.05, 0) is 18.2 Å². The molecule has 2 rings (SSSR count). The van der Waals surface area contributed by atoms with E-state index in [9.17, 15) is 9.59 Å². The Morgan fingerprint density at radius 2 is 2.12 bits per heavy atom. The topological polar surface area (TPSA) is 50.5 Å². The molecular formula is C13H11NO3. The Morgan fingerprint density at radius 1 is 1.41 bits per heavy atom. The molecule has 0 aliphatic carbocycles. The van der Waals surface area contributed by atoms with Gasteiger partial charge in [-0.15, -0.1) is 0 Å². The van der Waals surface area contributed by atoms with Gasteiger partial charge in [-0.25, -0.2) is 4.79 Å². The van der Waals surface area contributed by atoms with Crippen molar-refractivity contribution in [3.63, 3.8) is 0 Å². The van der Waals surface area contributed by atoms with Crippen LogP contribution in [0, 0.1) is 0 Å². The molecule has 0 unspecified atom stereocenters. The van der Waals surface area contributed by atoms with Crippen LogP contribution < -0.4 is 10.5 Å². The van der Waals surface area contributed by atoms with Gasteiger partial charge in [0, 0.05) is 18.5 Å². The zero-order chi connectivity index (χ0) is 12.4. The summed E-state index contributed by atoms with van der Waals surface area (Å²) in [5, 5.41) is 0.713. The van der Waals surface area contributed by atoms with Gasteiger partial charge >= 0.3 is 5.63 Å². The van der Waals surface area contributed by atoms with Crippen molar-refractivity contribution >= 4 is 22.6 Å². The van der Waals surface area contributed by atoms with Crippen LogP contribution in [-0.4, -0.2) is 13.0 Å². The van der Waals surface area contributed by atoms with E-state index in [2.05, 4.69) is 6.58 Å². The molecular weight excluding hydrogens is 218 g/mol. The molecule has 0 spiro atoms. The van der Waals surface area contributed by atoms with Gasteiger partial charge in [0.25, 0.3) is 0 Å². The highest BCUT2D eigenvalue weighted by atomic mass is 16.4. The summed E-state index contributed by atoms with van der Waals surface area (Å²) in [6.07, 6.45) is 1.20. The Bertz CT molecular complexity index is 642. The zero-order valence-corrected chi connectivity index (χ0v) is 9.34. The maximum Gasteiger partial charge on any atom is 0.338 e. The fourth-order valence-electron chi connectivity index (χ4n) is 1.63. The third kappa shape index (κ3) is 1.97. The number of likely N-dealkylation sites (N-methyl/N-ethyl adjacent to an activating group) is 1. The van der Waals surface area contributed by atoms with Crippen LogP contribution in [0.1, 0.15) is 0 Å². The molecule has 0 aliphatic heterocycles. The largest absolute Gasteiger partial charge is 0.423 e. The number of rotatable bonds is 2. The van der Waals surface area contributed by atoms with Crippen LogP contribution in [0.5, 0.6) is 0 Å². The average molecular weight is 229 g/mol. The van der Waals surface area contributed by atoms with Gasteiger partial charge in [0.2, 0.25) is 5.91 Å². The molecule has 0 radical (unpaired) electrons. The molecule has 0 bridgehead atoms. The molecule has 0 saturated carbocycles. The van der Waals surface area contributed by atoms with E-state index in [4.69, 9.17) is 4.42 Å². The molecule has 17 heavy (non-hydrogen) atoms. The molecule has 1 aromatic carbocycles. The van der Waals surface area contributed by atoms with Crippen molar-refractivity contribution in [3.8, 4) is 0 Å². The summed E-state index contributed by atoms with van der Waals surface area (Å²) in [6, 6.07) is 8.36. The maximum absolute atomic E-state index is 11.5. The summed E-state index contributed by atoms with van der Waals surface area (Å²) in [4.78, 5) is 24.3. The number of amides is 1. The highest BCUT2D eigenvalue weighted by Crippen LogP contribution is 2.23. The molecule has 1 heterocycles. The van der Waals surface area contributed by atoms with E-state index in [1.165, 1.54) is 17.0 Å². The Balaban J connectivity index is 2.72. The maximum atomic E-state index is 11.5. The first-order valence-corrected chi connectivity index (χ1v) is 5.06. The predicted molar refractivity (Wildman–Crippen MR) is 66.1 cm³/mol. The van der Waals surface area contributed by atoms with Crippen molar-refractivity contribution in [2.24, 2.45) is 0 Å². The summed E-state index contributed by atoms with van der Waals surface area (Å²) in [7, 11) is 1.59. The Labute approximate surface area is 97.8 Å². The number of carbonyl (C=O) groups excluding carboxylic acids is 1. The first kappa shape index (κ1) is 11.1. The second-order valence-corrected chi connectivity index (χ2v) is 3.55. The summed E-state index contributed by atoms with van der Waals surface area (Å²) >= 11 is 0. The number of benzene rings is 1. The van der Waals surface area contributed by atoms with Crippen LogP contribution in [0.15, 0.2) is 52.2 Å². The number of nitrogens with zero attached hydrogens (tertiary/aromatic N) is 1. The number of hydrogen-bond acceptors (Lipinski definition) is 3. The third-order valence-electron chi connectivity index (χ3n) is 2.49. The van der Waals surface area contributed by atoms with Crippen molar-refractivity contribution in [2.75, 3.05) is 11.9 Å². The zero-order valence-electron chi connectivity index (χ0n) is 9.34. The number of para-hydroxylation sites is 1. The van der Waals surface area contributed by atoms with Crippen LogP contribution >= 0.6 is 0 Å². The molecule has 0 atom stereocenters. The Hall–Kier alpha value is -2.36. The predicted octanol–water partition coefficient (Wildman–Crippen LogP) is 1.94. The lowest BCUT2D eigenvalue weighted by Crippen LogP contribution is -2.25. The van der Waals surface area contributed by atoms with Gasteiger partial charge < -0.3 is 9.32 Å². The van der Waals surface area contributed by atoms with Gasteiger partial charge in [0.05, 0.1) is 5.69 Å². The van der Waals surface area contributed by atoms with Crippen LogP contribution in [0.2, 0.25) is 0 Å². The fourth-order valence-corrected chi connectivity index (χ4v) is 1.63. The molecule has 4 nitrogen and oxygen atoms in total. The lowest BCUT2D eigenvalue weighted by Gasteiger charge is -2.16. The Kier molecular flexibility index (Phi) is 2.78. The fraction of sp³-hybridized carbons (Fsp3) is 0.0769. The highest BCUT2D eigenvalue weighted by Gasteiger charge is 2.12. The van der Waals surface area contributed by atoms with Crippen molar-refractivity contribution in [1.29, 1.82) is 0 Å². The summed E-state index contributed by atoms with van der Waals surface area (Å²) in [6.45, 7) is 3.42. The second-order valence-electron chi connectivity index (χ2n) is 3.55. The lowest BCUT2D eigenvalue weighted by atomic mass is 10.2. The SMILES string of the molecule is C=CC(=O)N(C)c1cc(=O)oc2ccccc12. The monoisotopic (exact) mass is 229 g/mol. The first-order chi connectivity index (χ1) is 8.13. The van der Waals surface area contributed by atoms with Crippen molar-refractivity contribution in [2.45, 2.75) is 0 Å². The molecule has 0 N–H and O–H groups in total. The van der Waals surface area contributed by atoms with Crippen molar-refractivity contribution in [3.05, 3.63) is 53.4 Å². The van der Waals surface area contributed by atoms with Crippen LogP contribution in [-0.2, 0) is 4.79 Å². The minimum Gasteiger partial charge on any atom is -0.423 e. The molecule has 1 amide bonds. The standard InChI is InChI=1S/C13H11NO3/c1-3-12(15)14(2)10-8-13(16)17-11-7-5-4-6-9(10)11/h3-8H,1H2,2H3. The van der Waals surface area contributed by atoms with Gasteiger partial charge in [0.1, 0.15) is 5.58 Å². The van der Waals surface area contributed by atoms with Gasteiger partial charge in [-0.2, -0.15) is 0 Å². The summed E-state index contributed by atoms with van der Waals surface area (Å²) < 4.78 is 5.05. The summed E-state index contributed by atoms with van der Waals surface area (Å²) in [5.74, 6) is -0.277. The van der Waals surface area contributed by atoms with E-state index in [0.29, 0.717) is 16.7 Å². The first-order valence-electron chi connectivity index (χ1n) is 5.06. The van der Waals surface area contributed by atoms with Crippen molar-refractivity contribution < 1.29 is 9.21 Å². The molecule has 4 heteroatoms.